The lowest BCUT2D eigenvalue weighted by molar-refractivity contribution is -0.137. The van der Waals surface area contributed by atoms with Gasteiger partial charge >= 0.3 is 6.18 Å². The molecule has 0 spiro atoms. The lowest BCUT2D eigenvalue weighted by Gasteiger charge is -2.40. The Kier molecular flexibility index (Phi) is 7.03. The van der Waals surface area contributed by atoms with Gasteiger partial charge in [0.15, 0.2) is 0 Å². The van der Waals surface area contributed by atoms with Crippen LogP contribution in [0.2, 0.25) is 0 Å². The molecule has 8 nitrogen and oxygen atoms in total. The zero-order valence-electron chi connectivity index (χ0n) is 19.0. The molecule has 1 fully saturated rings. The third kappa shape index (κ3) is 5.65. The molecule has 3 N–H and O–H groups in total. The van der Waals surface area contributed by atoms with Crippen molar-refractivity contribution in [3.05, 3.63) is 54.0 Å². The molecular weight excluding hydrogens is 447 g/mol. The fourth-order valence-electron chi connectivity index (χ4n) is 4.06. The van der Waals surface area contributed by atoms with E-state index in [4.69, 9.17) is 0 Å². The molecule has 3 aromatic rings. The van der Waals surface area contributed by atoms with E-state index in [1.165, 1.54) is 6.07 Å². The van der Waals surface area contributed by atoms with Gasteiger partial charge in [-0.1, -0.05) is 0 Å². The number of hydrogen-bond acceptors (Lipinski definition) is 7. The molecule has 2 unspecified atom stereocenters. The highest BCUT2D eigenvalue weighted by Gasteiger charge is 2.32. The summed E-state index contributed by atoms with van der Waals surface area (Å²) in [6.45, 7) is 7.02. The van der Waals surface area contributed by atoms with Crippen LogP contribution in [-0.4, -0.2) is 68.5 Å². The number of rotatable bonds is 7. The first-order valence-electron chi connectivity index (χ1n) is 11.1. The summed E-state index contributed by atoms with van der Waals surface area (Å²) in [6, 6.07) is 6.43. The summed E-state index contributed by atoms with van der Waals surface area (Å²) in [5.41, 5.74) is 2.11. The van der Waals surface area contributed by atoms with Gasteiger partial charge in [0.25, 0.3) is 0 Å². The summed E-state index contributed by atoms with van der Waals surface area (Å²) in [5, 5.41) is 19.7. The van der Waals surface area contributed by atoms with Gasteiger partial charge in [-0.3, -0.25) is 10.00 Å². The standard InChI is InChI=1S/C23H28F3N7O/c1-15-13-32(7-8-33(15)21-6-4-19(12-29-21)23(24,25)26)14-18-11-30-31-22(18)17-3-5-20(28-10-17)27-9-16(2)34/h3-6,10-12,15-16,34H,7-9,13-14H2,1-2H3,(H,27,28)(H,30,31). The number of anilines is 2. The highest BCUT2D eigenvalue weighted by molar-refractivity contribution is 5.63. The van der Waals surface area contributed by atoms with Gasteiger partial charge < -0.3 is 15.3 Å². The second-order valence-electron chi connectivity index (χ2n) is 8.61. The number of aromatic nitrogens is 4. The van der Waals surface area contributed by atoms with Crippen LogP contribution in [-0.2, 0) is 12.7 Å². The highest BCUT2D eigenvalue weighted by atomic mass is 19.4. The molecule has 182 valence electrons. The maximum absolute atomic E-state index is 12.8. The van der Waals surface area contributed by atoms with Crippen molar-refractivity contribution in [2.75, 3.05) is 36.4 Å². The average Bonchev–Trinajstić information content (AvgIpc) is 3.26. The molecule has 0 bridgehead atoms. The van der Waals surface area contributed by atoms with Crippen LogP contribution in [0.25, 0.3) is 11.3 Å². The minimum Gasteiger partial charge on any atom is -0.392 e. The number of piperazine rings is 1. The van der Waals surface area contributed by atoms with Gasteiger partial charge in [-0.25, -0.2) is 9.97 Å². The Balaban J connectivity index is 1.38. The van der Waals surface area contributed by atoms with Crippen LogP contribution in [0, 0.1) is 0 Å². The summed E-state index contributed by atoms with van der Waals surface area (Å²) in [4.78, 5) is 12.8. The van der Waals surface area contributed by atoms with E-state index in [0.717, 1.165) is 42.2 Å². The maximum atomic E-state index is 12.8. The van der Waals surface area contributed by atoms with Crippen molar-refractivity contribution >= 4 is 11.6 Å². The second-order valence-corrected chi connectivity index (χ2v) is 8.61. The van der Waals surface area contributed by atoms with Crippen molar-refractivity contribution < 1.29 is 18.3 Å². The third-order valence-electron chi connectivity index (χ3n) is 5.82. The zero-order chi connectivity index (χ0) is 24.3. The Hall–Kier alpha value is -3.18. The molecule has 0 amide bonds. The number of nitrogens with zero attached hydrogens (tertiary/aromatic N) is 5. The molecule has 1 aliphatic rings. The van der Waals surface area contributed by atoms with Crippen LogP contribution in [0.3, 0.4) is 0 Å². The van der Waals surface area contributed by atoms with Gasteiger partial charge in [-0.05, 0) is 38.1 Å². The number of pyridine rings is 2. The summed E-state index contributed by atoms with van der Waals surface area (Å²) < 4.78 is 38.5. The van der Waals surface area contributed by atoms with Crippen LogP contribution < -0.4 is 10.2 Å². The molecule has 0 saturated carbocycles. The predicted octanol–water partition coefficient (Wildman–Crippen LogP) is 3.39. The van der Waals surface area contributed by atoms with E-state index in [0.29, 0.717) is 31.3 Å². The molecule has 4 rings (SSSR count). The number of alkyl halides is 3. The molecule has 34 heavy (non-hydrogen) atoms. The number of aromatic amines is 1. The fraction of sp³-hybridized carbons (Fsp3) is 0.435. The lowest BCUT2D eigenvalue weighted by Crippen LogP contribution is -2.51. The molecule has 0 radical (unpaired) electrons. The first kappa shape index (κ1) is 24.0. The largest absolute Gasteiger partial charge is 0.417 e. The van der Waals surface area contributed by atoms with Gasteiger partial charge in [0.1, 0.15) is 11.6 Å². The van der Waals surface area contributed by atoms with E-state index in [9.17, 15) is 18.3 Å². The molecule has 1 aliphatic heterocycles. The van der Waals surface area contributed by atoms with E-state index in [1.807, 2.05) is 30.2 Å². The van der Waals surface area contributed by atoms with Crippen LogP contribution in [0.15, 0.2) is 42.9 Å². The minimum atomic E-state index is -4.39. The van der Waals surface area contributed by atoms with Crippen LogP contribution in [0.5, 0.6) is 0 Å². The zero-order valence-corrected chi connectivity index (χ0v) is 19.0. The number of halogens is 3. The van der Waals surface area contributed by atoms with Crippen LogP contribution in [0.4, 0.5) is 24.8 Å². The van der Waals surface area contributed by atoms with Crippen molar-refractivity contribution in [3.8, 4) is 11.3 Å². The van der Waals surface area contributed by atoms with E-state index in [1.54, 1.807) is 13.1 Å². The SMILES string of the molecule is CC(O)CNc1ccc(-c2[nH]ncc2CN2CCN(c3ccc(C(F)(F)F)cn3)C(C)C2)cn1. The van der Waals surface area contributed by atoms with Crippen molar-refractivity contribution in [3.63, 3.8) is 0 Å². The Morgan fingerprint density at radius 2 is 1.97 bits per heavy atom. The number of aliphatic hydroxyl groups excluding tert-OH is 1. The first-order valence-corrected chi connectivity index (χ1v) is 11.1. The van der Waals surface area contributed by atoms with Crippen LogP contribution >= 0.6 is 0 Å². The average molecular weight is 476 g/mol. The normalized spacial score (nSPS) is 18.2. The van der Waals surface area contributed by atoms with Gasteiger partial charge in [0.2, 0.25) is 0 Å². The Morgan fingerprint density at radius 1 is 1.15 bits per heavy atom. The maximum Gasteiger partial charge on any atom is 0.417 e. The monoisotopic (exact) mass is 475 g/mol. The fourth-order valence-corrected chi connectivity index (χ4v) is 4.06. The Bertz CT molecular complexity index is 1070. The molecule has 3 aromatic heterocycles. The second kappa shape index (κ2) is 9.98. The van der Waals surface area contributed by atoms with Crippen molar-refractivity contribution in [2.24, 2.45) is 0 Å². The smallest absolute Gasteiger partial charge is 0.392 e. The van der Waals surface area contributed by atoms with E-state index in [-0.39, 0.29) is 6.04 Å². The summed E-state index contributed by atoms with van der Waals surface area (Å²) in [7, 11) is 0. The van der Waals surface area contributed by atoms with Gasteiger partial charge in [0, 0.05) is 62.3 Å². The number of nitrogens with one attached hydrogen (secondary N) is 2. The molecule has 1 saturated heterocycles. The molecule has 4 heterocycles. The molecular formula is C23H28F3N7O. The molecule has 2 atom stereocenters. The topological polar surface area (TPSA) is 93.2 Å². The minimum absolute atomic E-state index is 0.0919. The van der Waals surface area contributed by atoms with E-state index in [2.05, 4.69) is 30.4 Å². The number of aliphatic hydroxyl groups is 1. The quantitative estimate of drug-likeness (QED) is 0.482. The van der Waals surface area contributed by atoms with E-state index < -0.39 is 17.8 Å². The van der Waals surface area contributed by atoms with E-state index >= 15 is 0 Å². The van der Waals surface area contributed by atoms with Crippen LogP contribution in [0.1, 0.15) is 25.0 Å². The third-order valence-corrected chi connectivity index (χ3v) is 5.82. The summed E-state index contributed by atoms with van der Waals surface area (Å²) in [6.07, 6.45) is -0.381. The number of hydrogen-bond donors (Lipinski definition) is 3. The molecule has 0 aromatic carbocycles. The van der Waals surface area contributed by atoms with Crippen molar-refractivity contribution in [2.45, 2.75) is 38.7 Å². The predicted molar refractivity (Wildman–Crippen MR) is 123 cm³/mol. The first-order chi connectivity index (χ1) is 16.2. The number of H-pyrrole nitrogens is 1. The Morgan fingerprint density at radius 3 is 2.59 bits per heavy atom. The van der Waals surface area contributed by atoms with Crippen molar-refractivity contribution in [1.29, 1.82) is 0 Å². The summed E-state index contributed by atoms with van der Waals surface area (Å²) >= 11 is 0. The Labute approximate surface area is 195 Å². The molecule has 11 heteroatoms. The van der Waals surface area contributed by atoms with Gasteiger partial charge in [-0.2, -0.15) is 18.3 Å². The van der Waals surface area contributed by atoms with Gasteiger partial charge in [-0.15, -0.1) is 0 Å². The van der Waals surface area contributed by atoms with Gasteiger partial charge in [0.05, 0.1) is 23.6 Å². The summed E-state index contributed by atoms with van der Waals surface area (Å²) in [5.74, 6) is 1.24. The molecule has 0 aliphatic carbocycles. The van der Waals surface area contributed by atoms with Crippen molar-refractivity contribution in [1.82, 2.24) is 25.1 Å². The lowest BCUT2D eigenvalue weighted by atomic mass is 10.1. The highest BCUT2D eigenvalue weighted by Crippen LogP contribution is 2.30.